The number of benzene rings is 2. The molecule has 3 heterocycles. The molecule has 38 heavy (non-hydrogen) atoms. The highest BCUT2D eigenvalue weighted by Crippen LogP contribution is 2.38. The van der Waals surface area contributed by atoms with Crippen LogP contribution in [0, 0.1) is 5.82 Å². The summed E-state index contributed by atoms with van der Waals surface area (Å²) in [5.74, 6) is 0.220. The van der Waals surface area contributed by atoms with Gasteiger partial charge < -0.3 is 10.4 Å². The molecule has 0 spiro atoms. The van der Waals surface area contributed by atoms with Crippen molar-refractivity contribution in [1.29, 1.82) is 0 Å². The monoisotopic (exact) mass is 566 g/mol. The number of carbonyl (C=O) groups is 1. The normalized spacial score (nSPS) is 16.2. The second-order valence-electron chi connectivity index (χ2n) is 9.48. The molecular weight excluding hydrogens is 534 g/mol. The molecule has 0 atom stereocenters. The van der Waals surface area contributed by atoms with Crippen molar-refractivity contribution in [1.82, 2.24) is 19.0 Å². The molecule has 0 saturated carbocycles. The van der Waals surface area contributed by atoms with E-state index in [0.29, 0.717) is 56.8 Å². The van der Waals surface area contributed by atoms with Gasteiger partial charge in [-0.1, -0.05) is 30.3 Å². The Bertz CT molecular complexity index is 1340. The predicted molar refractivity (Wildman–Crippen MR) is 148 cm³/mol. The van der Waals surface area contributed by atoms with E-state index in [9.17, 15) is 18.8 Å². The molecule has 3 aromatic rings. The van der Waals surface area contributed by atoms with E-state index in [1.165, 1.54) is 16.7 Å². The van der Waals surface area contributed by atoms with Gasteiger partial charge in [-0.2, -0.15) is 4.98 Å². The van der Waals surface area contributed by atoms with E-state index in [2.05, 4.69) is 9.88 Å². The molecule has 1 fully saturated rings. The summed E-state index contributed by atoms with van der Waals surface area (Å²) < 4.78 is 16.3. The molecule has 0 bridgehead atoms. The highest BCUT2D eigenvalue weighted by Gasteiger charge is 2.43. The van der Waals surface area contributed by atoms with E-state index in [1.54, 1.807) is 16.7 Å². The standard InChI is InChI=1S/C27H29FN4O3.2ClH.H2O/c28-22-11-9-20(10-12-22)24(33)27(21-6-2-1-3-7-21)13-16-30(17-14-27)18-19-32-25(34)29-23-8-4-5-15-31(23)26(32)35;;;/h1-3,6-7,9-12H,4-5,8,13-19H2;2*1H;1H2. The van der Waals surface area contributed by atoms with Crippen LogP contribution in [0.1, 0.15) is 47.4 Å². The molecule has 0 amide bonds. The lowest BCUT2D eigenvalue weighted by atomic mass is 9.68. The van der Waals surface area contributed by atoms with Crippen molar-refractivity contribution in [2.45, 2.75) is 50.6 Å². The molecule has 0 unspecified atom stereocenters. The molecule has 8 nitrogen and oxygen atoms in total. The molecule has 5 rings (SSSR count). The number of hydrogen-bond donors (Lipinski definition) is 0. The number of ketones is 1. The number of rotatable bonds is 6. The van der Waals surface area contributed by atoms with Gasteiger partial charge in [0.2, 0.25) is 0 Å². The fourth-order valence-electron chi connectivity index (χ4n) is 5.41. The summed E-state index contributed by atoms with van der Waals surface area (Å²) in [6.07, 6.45) is 3.74. The number of hydrogen-bond acceptors (Lipinski definition) is 5. The molecule has 0 radical (unpaired) electrons. The summed E-state index contributed by atoms with van der Waals surface area (Å²) in [6, 6.07) is 15.5. The van der Waals surface area contributed by atoms with Crippen molar-refractivity contribution in [3.8, 4) is 0 Å². The number of piperidine rings is 1. The highest BCUT2D eigenvalue weighted by molar-refractivity contribution is 6.04. The third-order valence-electron chi connectivity index (χ3n) is 7.48. The lowest BCUT2D eigenvalue weighted by Crippen LogP contribution is -2.50. The van der Waals surface area contributed by atoms with Crippen molar-refractivity contribution < 1.29 is 14.7 Å². The van der Waals surface area contributed by atoms with E-state index < -0.39 is 11.1 Å². The van der Waals surface area contributed by atoms with E-state index in [1.807, 2.05) is 30.3 Å². The minimum absolute atomic E-state index is 0. The quantitative estimate of drug-likeness (QED) is 0.426. The molecule has 0 aliphatic carbocycles. The van der Waals surface area contributed by atoms with Crippen LogP contribution >= 0.6 is 24.8 Å². The van der Waals surface area contributed by atoms with Gasteiger partial charge in [-0.05, 0) is 68.6 Å². The van der Waals surface area contributed by atoms with Gasteiger partial charge in [-0.15, -0.1) is 24.8 Å². The Labute approximate surface area is 232 Å². The lowest BCUT2D eigenvalue weighted by molar-refractivity contribution is 0.0766. The maximum Gasteiger partial charge on any atom is 0.353 e. The van der Waals surface area contributed by atoms with Gasteiger partial charge in [0.05, 0.1) is 5.41 Å². The zero-order valence-corrected chi connectivity index (χ0v) is 22.6. The maximum absolute atomic E-state index is 13.7. The van der Waals surface area contributed by atoms with Crippen molar-refractivity contribution in [3.05, 3.63) is 98.3 Å². The van der Waals surface area contributed by atoms with Crippen LogP contribution in [0.2, 0.25) is 0 Å². The summed E-state index contributed by atoms with van der Waals surface area (Å²) in [4.78, 5) is 45.4. The number of fused-ring (bicyclic) bond motifs is 1. The maximum atomic E-state index is 13.7. The van der Waals surface area contributed by atoms with Crippen molar-refractivity contribution in [3.63, 3.8) is 0 Å². The van der Waals surface area contributed by atoms with E-state index >= 15 is 0 Å². The van der Waals surface area contributed by atoms with Gasteiger partial charge >= 0.3 is 11.4 Å². The molecule has 2 aromatic carbocycles. The van der Waals surface area contributed by atoms with E-state index in [-0.39, 0.29) is 54.1 Å². The summed E-state index contributed by atoms with van der Waals surface area (Å²) >= 11 is 0. The number of halogens is 3. The van der Waals surface area contributed by atoms with Gasteiger partial charge in [0, 0.05) is 31.6 Å². The van der Waals surface area contributed by atoms with Crippen LogP contribution in [0.15, 0.2) is 64.2 Å². The molecular formula is C27H33Cl2FN4O4. The first-order chi connectivity index (χ1) is 17.0. The SMILES string of the molecule is Cl.Cl.O.O=C(c1ccc(F)cc1)C1(c2ccccc2)CCN(CCn2c(=O)nc3n(c2=O)CCCC3)CC1. The summed E-state index contributed by atoms with van der Waals surface area (Å²) in [5.41, 5.74) is 0.0112. The average molecular weight is 567 g/mol. The number of carbonyl (C=O) groups excluding carboxylic acids is 1. The molecule has 206 valence electrons. The fourth-order valence-corrected chi connectivity index (χ4v) is 5.41. The van der Waals surface area contributed by atoms with Gasteiger partial charge in [0.25, 0.3) is 0 Å². The number of nitrogens with zero attached hydrogens (tertiary/aromatic N) is 4. The Kier molecular flexibility index (Phi) is 11.0. The van der Waals surface area contributed by atoms with Crippen LogP contribution in [0.3, 0.4) is 0 Å². The van der Waals surface area contributed by atoms with Gasteiger partial charge in [-0.25, -0.2) is 18.5 Å². The molecule has 2 aliphatic rings. The van der Waals surface area contributed by atoms with Crippen molar-refractivity contribution >= 4 is 30.6 Å². The number of aromatic nitrogens is 3. The molecule has 2 aliphatic heterocycles. The van der Waals surface area contributed by atoms with Crippen LogP contribution in [0.25, 0.3) is 0 Å². The first-order valence-electron chi connectivity index (χ1n) is 12.3. The lowest BCUT2D eigenvalue weighted by Gasteiger charge is -2.41. The minimum Gasteiger partial charge on any atom is -0.412 e. The highest BCUT2D eigenvalue weighted by atomic mass is 35.5. The Morgan fingerprint density at radius 3 is 2.21 bits per heavy atom. The number of aryl methyl sites for hydroxylation is 1. The van der Waals surface area contributed by atoms with Crippen molar-refractivity contribution in [2.75, 3.05) is 19.6 Å². The van der Waals surface area contributed by atoms with Crippen LogP contribution < -0.4 is 11.4 Å². The third kappa shape index (κ3) is 6.07. The Hall–Kier alpha value is -2.85. The minimum atomic E-state index is -0.695. The zero-order chi connectivity index (χ0) is 24.4. The second kappa shape index (κ2) is 13.3. The van der Waals surface area contributed by atoms with E-state index in [4.69, 9.17) is 0 Å². The summed E-state index contributed by atoms with van der Waals surface area (Å²) in [5, 5.41) is 0. The van der Waals surface area contributed by atoms with Crippen LogP contribution in [-0.4, -0.2) is 49.9 Å². The number of likely N-dealkylation sites (tertiary alicyclic amines) is 1. The third-order valence-corrected chi connectivity index (χ3v) is 7.48. The second-order valence-corrected chi connectivity index (χ2v) is 9.48. The molecule has 1 aromatic heterocycles. The largest absolute Gasteiger partial charge is 0.412 e. The van der Waals surface area contributed by atoms with E-state index in [0.717, 1.165) is 18.4 Å². The van der Waals surface area contributed by atoms with Crippen LogP contribution in [-0.2, 0) is 24.9 Å². The summed E-state index contributed by atoms with van der Waals surface area (Å²) in [7, 11) is 0. The average Bonchev–Trinajstić information content (AvgIpc) is 2.89. The number of Topliss-reactive ketones (excluding diaryl/α,β-unsaturated/α-hetero) is 1. The molecule has 2 N–H and O–H groups in total. The molecule has 11 heteroatoms. The summed E-state index contributed by atoms with van der Waals surface area (Å²) in [6.45, 7) is 2.71. The van der Waals surface area contributed by atoms with Crippen molar-refractivity contribution in [2.24, 2.45) is 0 Å². The van der Waals surface area contributed by atoms with Gasteiger partial charge in [0.1, 0.15) is 11.6 Å². The predicted octanol–water partition coefficient (Wildman–Crippen LogP) is 2.82. The Morgan fingerprint density at radius 2 is 1.55 bits per heavy atom. The fraction of sp³-hybridized carbons (Fsp3) is 0.407. The Balaban J connectivity index is 0.00000169. The zero-order valence-electron chi connectivity index (χ0n) is 21.0. The van der Waals surface area contributed by atoms with Gasteiger partial charge in [-0.3, -0.25) is 9.36 Å². The van der Waals surface area contributed by atoms with Gasteiger partial charge in [0.15, 0.2) is 5.78 Å². The first-order valence-corrected chi connectivity index (χ1v) is 12.3. The van der Waals surface area contributed by atoms with Crippen LogP contribution in [0.5, 0.6) is 0 Å². The molecule has 1 saturated heterocycles. The topological polar surface area (TPSA) is 109 Å². The first kappa shape index (κ1) is 31.4. The smallest absolute Gasteiger partial charge is 0.353 e. The Morgan fingerprint density at radius 1 is 0.895 bits per heavy atom. The van der Waals surface area contributed by atoms with Crippen LogP contribution in [0.4, 0.5) is 4.39 Å².